The number of hydrogen-bond acceptors (Lipinski definition) is 2. The molecule has 1 amide bonds. The van der Waals surface area contributed by atoms with Crippen molar-refractivity contribution in [3.05, 3.63) is 60.7 Å². The molecule has 4 nitrogen and oxygen atoms in total. The molecule has 2 aromatic rings. The maximum absolute atomic E-state index is 10.8. The summed E-state index contributed by atoms with van der Waals surface area (Å²) in [6.45, 7) is 0. The van der Waals surface area contributed by atoms with E-state index in [2.05, 4.69) is 5.43 Å². The van der Waals surface area contributed by atoms with Gasteiger partial charge >= 0.3 is 6.09 Å². The summed E-state index contributed by atoms with van der Waals surface area (Å²) >= 11 is 0. The van der Waals surface area contributed by atoms with Gasteiger partial charge < -0.3 is 5.11 Å². The van der Waals surface area contributed by atoms with Crippen LogP contribution >= 0.6 is 0 Å². The van der Waals surface area contributed by atoms with Crippen LogP contribution in [0.4, 0.5) is 16.2 Å². The van der Waals surface area contributed by atoms with Gasteiger partial charge in [0.2, 0.25) is 0 Å². The number of anilines is 2. The highest BCUT2D eigenvalue weighted by Gasteiger charge is 2.10. The minimum atomic E-state index is -1.10. The first kappa shape index (κ1) is 11.0. The Morgan fingerprint density at radius 1 is 0.882 bits per heavy atom. The lowest BCUT2D eigenvalue weighted by Gasteiger charge is -2.23. The summed E-state index contributed by atoms with van der Waals surface area (Å²) in [6.07, 6.45) is -1.10. The van der Waals surface area contributed by atoms with Crippen LogP contribution in [0.15, 0.2) is 60.7 Å². The van der Waals surface area contributed by atoms with Gasteiger partial charge in [-0.05, 0) is 24.3 Å². The molecule has 17 heavy (non-hydrogen) atoms. The molecule has 0 saturated carbocycles. The van der Waals surface area contributed by atoms with E-state index in [0.29, 0.717) is 0 Å². The lowest BCUT2D eigenvalue weighted by Crippen LogP contribution is -2.37. The summed E-state index contributed by atoms with van der Waals surface area (Å²) in [5.74, 6) is 0. The molecular weight excluding hydrogens is 216 g/mol. The average Bonchev–Trinajstić information content (AvgIpc) is 2.38. The molecule has 0 bridgehead atoms. The number of benzene rings is 2. The standard InChI is InChI=1S/C13H12N2O2/c16-13(17)14-15(11-7-3-1-4-8-11)12-9-5-2-6-10-12/h1-10,14H,(H,16,17). The maximum Gasteiger partial charge on any atom is 0.423 e. The van der Waals surface area contributed by atoms with Gasteiger partial charge in [0.15, 0.2) is 0 Å². The van der Waals surface area contributed by atoms with Gasteiger partial charge in [-0.2, -0.15) is 0 Å². The van der Waals surface area contributed by atoms with Crippen LogP contribution in [0, 0.1) is 0 Å². The predicted octanol–water partition coefficient (Wildman–Crippen LogP) is 3.01. The molecule has 0 fully saturated rings. The number of rotatable bonds is 3. The van der Waals surface area contributed by atoms with Gasteiger partial charge in [-0.15, -0.1) is 0 Å². The Hall–Kier alpha value is -2.49. The molecule has 0 heterocycles. The highest BCUT2D eigenvalue weighted by Crippen LogP contribution is 2.22. The summed E-state index contributed by atoms with van der Waals surface area (Å²) in [5, 5.41) is 10.4. The summed E-state index contributed by atoms with van der Waals surface area (Å²) in [4.78, 5) is 10.8. The first-order valence-corrected chi connectivity index (χ1v) is 5.17. The van der Waals surface area contributed by atoms with Gasteiger partial charge in [0.05, 0.1) is 11.4 Å². The number of nitrogens with zero attached hydrogens (tertiary/aromatic N) is 1. The quantitative estimate of drug-likeness (QED) is 0.794. The van der Waals surface area contributed by atoms with Crippen LogP contribution in [0.2, 0.25) is 0 Å². The lowest BCUT2D eigenvalue weighted by molar-refractivity contribution is 0.194. The highest BCUT2D eigenvalue weighted by molar-refractivity contribution is 5.73. The van der Waals surface area contributed by atoms with E-state index in [0.717, 1.165) is 11.4 Å². The zero-order valence-corrected chi connectivity index (χ0v) is 9.08. The van der Waals surface area contributed by atoms with Crippen LogP contribution in [0.5, 0.6) is 0 Å². The van der Waals surface area contributed by atoms with E-state index in [1.165, 1.54) is 5.01 Å². The van der Waals surface area contributed by atoms with Crippen LogP contribution < -0.4 is 10.4 Å². The normalized spacial score (nSPS) is 9.65. The molecule has 2 rings (SSSR count). The highest BCUT2D eigenvalue weighted by atomic mass is 16.4. The number of carbonyl (C=O) groups is 1. The second kappa shape index (κ2) is 5.03. The molecule has 0 spiro atoms. The molecule has 0 aliphatic rings. The van der Waals surface area contributed by atoms with Crippen molar-refractivity contribution < 1.29 is 9.90 Å². The number of hydrazine groups is 1. The monoisotopic (exact) mass is 228 g/mol. The third kappa shape index (κ3) is 2.75. The fraction of sp³-hybridized carbons (Fsp3) is 0. The van der Waals surface area contributed by atoms with Gasteiger partial charge in [-0.1, -0.05) is 36.4 Å². The van der Waals surface area contributed by atoms with Gasteiger partial charge in [-0.25, -0.2) is 10.2 Å². The zero-order valence-electron chi connectivity index (χ0n) is 9.08. The van der Waals surface area contributed by atoms with Gasteiger partial charge in [-0.3, -0.25) is 5.01 Å². The Morgan fingerprint density at radius 3 is 1.65 bits per heavy atom. The third-order valence-electron chi connectivity index (χ3n) is 2.24. The Morgan fingerprint density at radius 2 is 1.29 bits per heavy atom. The number of amides is 1. The van der Waals surface area contributed by atoms with Crippen molar-refractivity contribution in [2.75, 3.05) is 5.01 Å². The maximum atomic E-state index is 10.8. The van der Waals surface area contributed by atoms with Gasteiger partial charge in [0.25, 0.3) is 0 Å². The topological polar surface area (TPSA) is 52.6 Å². The van der Waals surface area contributed by atoms with Crippen LogP contribution in [0.25, 0.3) is 0 Å². The van der Waals surface area contributed by atoms with E-state index >= 15 is 0 Å². The molecule has 0 aliphatic carbocycles. The fourth-order valence-corrected chi connectivity index (χ4v) is 1.53. The lowest BCUT2D eigenvalue weighted by atomic mass is 10.2. The summed E-state index contributed by atoms with van der Waals surface area (Å²) in [6, 6.07) is 18.5. The molecule has 0 aromatic heterocycles. The van der Waals surface area contributed by atoms with Crippen molar-refractivity contribution in [3.63, 3.8) is 0 Å². The first-order valence-electron chi connectivity index (χ1n) is 5.17. The molecule has 0 unspecified atom stereocenters. The Labute approximate surface area is 99.1 Å². The molecular formula is C13H12N2O2. The summed E-state index contributed by atoms with van der Waals surface area (Å²) in [5.41, 5.74) is 3.89. The van der Waals surface area contributed by atoms with Crippen LogP contribution in [-0.2, 0) is 0 Å². The minimum Gasteiger partial charge on any atom is -0.464 e. The Balaban J connectivity index is 2.36. The van der Waals surface area contributed by atoms with E-state index in [1.54, 1.807) is 0 Å². The summed E-state index contributed by atoms with van der Waals surface area (Å²) < 4.78 is 0. The molecule has 86 valence electrons. The zero-order chi connectivity index (χ0) is 12.1. The number of nitrogens with one attached hydrogen (secondary N) is 1. The van der Waals surface area contributed by atoms with Gasteiger partial charge in [0, 0.05) is 0 Å². The van der Waals surface area contributed by atoms with Crippen molar-refractivity contribution in [3.8, 4) is 0 Å². The summed E-state index contributed by atoms with van der Waals surface area (Å²) in [7, 11) is 0. The van der Waals surface area contributed by atoms with E-state index in [1.807, 2.05) is 60.7 Å². The van der Waals surface area contributed by atoms with Crippen molar-refractivity contribution in [2.24, 2.45) is 0 Å². The van der Waals surface area contributed by atoms with E-state index in [-0.39, 0.29) is 0 Å². The van der Waals surface area contributed by atoms with Crippen molar-refractivity contribution in [1.29, 1.82) is 0 Å². The first-order chi connectivity index (χ1) is 8.27. The van der Waals surface area contributed by atoms with Crippen LogP contribution in [0.3, 0.4) is 0 Å². The molecule has 2 aromatic carbocycles. The van der Waals surface area contributed by atoms with E-state index < -0.39 is 6.09 Å². The molecule has 0 saturated heterocycles. The van der Waals surface area contributed by atoms with Crippen molar-refractivity contribution in [2.45, 2.75) is 0 Å². The molecule has 0 atom stereocenters. The van der Waals surface area contributed by atoms with Gasteiger partial charge in [0.1, 0.15) is 0 Å². The number of hydrogen-bond donors (Lipinski definition) is 2. The van der Waals surface area contributed by atoms with Crippen LogP contribution in [-0.4, -0.2) is 11.2 Å². The Kier molecular flexibility index (Phi) is 3.25. The predicted molar refractivity (Wildman–Crippen MR) is 66.2 cm³/mol. The van der Waals surface area contributed by atoms with Crippen molar-refractivity contribution in [1.82, 2.24) is 5.43 Å². The number of para-hydroxylation sites is 2. The van der Waals surface area contributed by atoms with Crippen LogP contribution in [0.1, 0.15) is 0 Å². The fourth-order valence-electron chi connectivity index (χ4n) is 1.53. The second-order valence-electron chi connectivity index (χ2n) is 3.42. The SMILES string of the molecule is O=C(O)NN(c1ccccc1)c1ccccc1. The molecule has 2 N–H and O–H groups in total. The van der Waals surface area contributed by atoms with E-state index in [9.17, 15) is 4.79 Å². The molecule has 0 aliphatic heterocycles. The van der Waals surface area contributed by atoms with E-state index in [4.69, 9.17) is 5.11 Å². The Bertz CT molecular complexity index is 446. The smallest absolute Gasteiger partial charge is 0.423 e. The second-order valence-corrected chi connectivity index (χ2v) is 3.42. The minimum absolute atomic E-state index is 0.765. The average molecular weight is 228 g/mol. The molecule has 4 heteroatoms. The largest absolute Gasteiger partial charge is 0.464 e. The molecule has 0 radical (unpaired) electrons. The number of carboxylic acid groups (broad SMARTS) is 1. The van der Waals surface area contributed by atoms with Crippen molar-refractivity contribution >= 4 is 17.5 Å². The third-order valence-corrected chi connectivity index (χ3v) is 2.24.